The zero-order chi connectivity index (χ0) is 16.8. The number of aryl methyl sites for hydroxylation is 2. The van der Waals surface area contributed by atoms with Crippen LogP contribution in [0.15, 0.2) is 36.5 Å². The van der Waals surface area contributed by atoms with E-state index in [0.29, 0.717) is 6.61 Å². The van der Waals surface area contributed by atoms with E-state index in [-0.39, 0.29) is 6.04 Å². The SMILES string of the molecule is COCC(c1ccccn1)N(C)Cc1cc(C)cc(C)c1OC. The van der Waals surface area contributed by atoms with E-state index in [4.69, 9.17) is 9.47 Å². The number of ether oxygens (including phenoxy) is 2. The van der Waals surface area contributed by atoms with Crippen LogP contribution in [0.1, 0.15) is 28.4 Å². The molecule has 4 nitrogen and oxygen atoms in total. The molecule has 0 saturated carbocycles. The minimum atomic E-state index is 0.103. The van der Waals surface area contributed by atoms with Gasteiger partial charge in [-0.2, -0.15) is 0 Å². The van der Waals surface area contributed by atoms with E-state index in [2.05, 4.69) is 42.9 Å². The molecule has 1 aromatic carbocycles. The van der Waals surface area contributed by atoms with Crippen molar-refractivity contribution in [2.75, 3.05) is 27.9 Å². The van der Waals surface area contributed by atoms with E-state index in [1.54, 1.807) is 14.2 Å². The van der Waals surface area contributed by atoms with Crippen LogP contribution in [-0.2, 0) is 11.3 Å². The summed E-state index contributed by atoms with van der Waals surface area (Å²) in [6.07, 6.45) is 1.82. The third kappa shape index (κ3) is 4.30. The number of pyridine rings is 1. The molecule has 2 rings (SSSR count). The first kappa shape index (κ1) is 17.4. The summed E-state index contributed by atoms with van der Waals surface area (Å²) >= 11 is 0. The lowest BCUT2D eigenvalue weighted by atomic mass is 10.0. The van der Waals surface area contributed by atoms with Gasteiger partial charge in [-0.25, -0.2) is 0 Å². The second-order valence-electron chi connectivity index (χ2n) is 5.92. The molecule has 0 spiro atoms. The van der Waals surface area contributed by atoms with Gasteiger partial charge in [-0.3, -0.25) is 9.88 Å². The summed E-state index contributed by atoms with van der Waals surface area (Å²) in [4.78, 5) is 6.74. The van der Waals surface area contributed by atoms with Crippen LogP contribution in [0.2, 0.25) is 0 Å². The van der Waals surface area contributed by atoms with Gasteiger partial charge >= 0.3 is 0 Å². The third-order valence-corrected chi connectivity index (χ3v) is 4.01. The Labute approximate surface area is 139 Å². The van der Waals surface area contributed by atoms with Gasteiger partial charge in [-0.05, 0) is 38.6 Å². The highest BCUT2D eigenvalue weighted by molar-refractivity contribution is 5.43. The van der Waals surface area contributed by atoms with E-state index in [0.717, 1.165) is 23.6 Å². The van der Waals surface area contributed by atoms with Gasteiger partial charge in [0.25, 0.3) is 0 Å². The van der Waals surface area contributed by atoms with Gasteiger partial charge < -0.3 is 9.47 Å². The topological polar surface area (TPSA) is 34.6 Å². The smallest absolute Gasteiger partial charge is 0.126 e. The Morgan fingerprint density at radius 3 is 2.57 bits per heavy atom. The second kappa shape index (κ2) is 8.09. The summed E-state index contributed by atoms with van der Waals surface area (Å²) in [5, 5.41) is 0. The average Bonchev–Trinajstić information content (AvgIpc) is 2.53. The van der Waals surface area contributed by atoms with E-state index in [1.165, 1.54) is 11.1 Å². The van der Waals surface area contributed by atoms with Crippen molar-refractivity contribution in [1.29, 1.82) is 0 Å². The summed E-state index contributed by atoms with van der Waals surface area (Å²) in [6.45, 7) is 5.57. The van der Waals surface area contributed by atoms with Crippen LogP contribution in [0, 0.1) is 13.8 Å². The van der Waals surface area contributed by atoms with Crippen molar-refractivity contribution in [3.8, 4) is 5.75 Å². The molecule has 0 N–H and O–H groups in total. The minimum Gasteiger partial charge on any atom is -0.496 e. The highest BCUT2D eigenvalue weighted by Gasteiger charge is 2.20. The predicted molar refractivity (Wildman–Crippen MR) is 92.8 cm³/mol. The molecule has 1 atom stereocenters. The van der Waals surface area contributed by atoms with Crippen LogP contribution in [0.3, 0.4) is 0 Å². The molecule has 4 heteroatoms. The molecule has 0 saturated heterocycles. The summed E-state index contributed by atoms with van der Waals surface area (Å²) in [5.74, 6) is 0.958. The normalized spacial score (nSPS) is 12.4. The lowest BCUT2D eigenvalue weighted by molar-refractivity contribution is 0.0995. The van der Waals surface area contributed by atoms with Gasteiger partial charge in [0, 0.05) is 25.4 Å². The molecule has 1 aromatic heterocycles. The van der Waals surface area contributed by atoms with Gasteiger partial charge in [0.15, 0.2) is 0 Å². The van der Waals surface area contributed by atoms with Gasteiger partial charge in [-0.15, -0.1) is 0 Å². The summed E-state index contributed by atoms with van der Waals surface area (Å²) in [5.41, 5.74) is 4.61. The molecule has 0 fully saturated rings. The van der Waals surface area contributed by atoms with Crippen LogP contribution in [0.4, 0.5) is 0 Å². The van der Waals surface area contributed by atoms with Gasteiger partial charge in [0.05, 0.1) is 25.5 Å². The van der Waals surface area contributed by atoms with Crippen LogP contribution < -0.4 is 4.74 Å². The van der Waals surface area contributed by atoms with Crippen LogP contribution in [0.25, 0.3) is 0 Å². The maximum Gasteiger partial charge on any atom is 0.126 e. The molecular formula is C19H26N2O2. The molecule has 124 valence electrons. The first-order valence-corrected chi connectivity index (χ1v) is 7.81. The number of hydrogen-bond acceptors (Lipinski definition) is 4. The molecule has 0 aliphatic heterocycles. The van der Waals surface area contributed by atoms with E-state index >= 15 is 0 Å². The predicted octanol–water partition coefficient (Wildman–Crippen LogP) is 3.53. The number of aromatic nitrogens is 1. The van der Waals surface area contributed by atoms with Crippen molar-refractivity contribution in [3.05, 3.63) is 58.9 Å². The number of nitrogens with zero attached hydrogens (tertiary/aromatic N) is 2. The lowest BCUT2D eigenvalue weighted by Gasteiger charge is -2.28. The zero-order valence-electron chi connectivity index (χ0n) is 14.7. The fraction of sp³-hybridized carbons (Fsp3) is 0.421. The van der Waals surface area contributed by atoms with E-state index in [1.807, 2.05) is 24.4 Å². The van der Waals surface area contributed by atoms with Crippen LogP contribution in [-0.4, -0.2) is 37.8 Å². The van der Waals surface area contributed by atoms with Crippen LogP contribution in [0.5, 0.6) is 5.75 Å². The van der Waals surface area contributed by atoms with Crippen molar-refractivity contribution in [2.45, 2.75) is 26.4 Å². The Kier molecular flexibility index (Phi) is 6.13. The average molecular weight is 314 g/mol. The monoisotopic (exact) mass is 314 g/mol. The van der Waals surface area contributed by atoms with Crippen molar-refractivity contribution < 1.29 is 9.47 Å². The lowest BCUT2D eigenvalue weighted by Crippen LogP contribution is -2.28. The third-order valence-electron chi connectivity index (χ3n) is 4.01. The molecule has 0 amide bonds. The number of benzene rings is 1. The maximum absolute atomic E-state index is 5.60. The second-order valence-corrected chi connectivity index (χ2v) is 5.92. The number of rotatable bonds is 7. The number of hydrogen-bond donors (Lipinski definition) is 0. The van der Waals surface area contributed by atoms with Crippen LogP contribution >= 0.6 is 0 Å². The summed E-state index contributed by atoms with van der Waals surface area (Å²) in [6, 6.07) is 10.4. The Bertz CT molecular complexity index is 629. The molecule has 0 aliphatic rings. The molecular weight excluding hydrogens is 288 g/mol. The highest BCUT2D eigenvalue weighted by atomic mass is 16.5. The van der Waals surface area contributed by atoms with Gasteiger partial charge in [-0.1, -0.05) is 23.8 Å². The largest absolute Gasteiger partial charge is 0.496 e. The van der Waals surface area contributed by atoms with E-state index in [9.17, 15) is 0 Å². The number of methoxy groups -OCH3 is 2. The Morgan fingerprint density at radius 1 is 1.17 bits per heavy atom. The fourth-order valence-corrected chi connectivity index (χ4v) is 3.00. The maximum atomic E-state index is 5.60. The zero-order valence-corrected chi connectivity index (χ0v) is 14.7. The first-order chi connectivity index (χ1) is 11.1. The minimum absolute atomic E-state index is 0.103. The summed E-state index contributed by atoms with van der Waals surface area (Å²) < 4.78 is 11.0. The number of likely N-dealkylation sites (N-methyl/N-ethyl adjacent to an activating group) is 1. The molecule has 1 unspecified atom stereocenters. The Balaban J connectivity index is 2.27. The van der Waals surface area contributed by atoms with Crippen molar-refractivity contribution in [1.82, 2.24) is 9.88 Å². The van der Waals surface area contributed by atoms with Crippen molar-refractivity contribution in [2.24, 2.45) is 0 Å². The standard InChI is InChI=1S/C19H26N2O2/c1-14-10-15(2)19(23-5)16(11-14)12-21(3)18(13-22-4)17-8-6-7-9-20-17/h6-11,18H,12-13H2,1-5H3. The highest BCUT2D eigenvalue weighted by Crippen LogP contribution is 2.28. The molecule has 0 radical (unpaired) electrons. The molecule has 0 bridgehead atoms. The molecule has 23 heavy (non-hydrogen) atoms. The first-order valence-electron chi connectivity index (χ1n) is 7.81. The van der Waals surface area contributed by atoms with Crippen molar-refractivity contribution >= 4 is 0 Å². The molecule has 0 aliphatic carbocycles. The van der Waals surface area contributed by atoms with Gasteiger partial charge in [0.2, 0.25) is 0 Å². The summed E-state index contributed by atoms with van der Waals surface area (Å²) in [7, 11) is 5.54. The molecule has 2 aromatic rings. The quantitative estimate of drug-likeness (QED) is 0.783. The van der Waals surface area contributed by atoms with Crippen molar-refractivity contribution in [3.63, 3.8) is 0 Å². The fourth-order valence-electron chi connectivity index (χ4n) is 3.00. The van der Waals surface area contributed by atoms with Gasteiger partial charge in [0.1, 0.15) is 5.75 Å². The Morgan fingerprint density at radius 2 is 1.96 bits per heavy atom. The van der Waals surface area contributed by atoms with E-state index < -0.39 is 0 Å². The Hall–Kier alpha value is -1.91. The molecule has 1 heterocycles.